The van der Waals surface area contributed by atoms with Crippen molar-refractivity contribution in [3.63, 3.8) is 0 Å². The van der Waals surface area contributed by atoms with Crippen molar-refractivity contribution in [2.75, 3.05) is 27.1 Å². The van der Waals surface area contributed by atoms with Gasteiger partial charge < -0.3 is 19.3 Å². The number of hydrogen-bond donors (Lipinski definition) is 3. The lowest BCUT2D eigenvalue weighted by Gasteiger charge is -2.08. The fourth-order valence-electron chi connectivity index (χ4n) is 3.04. The molecule has 3 aromatic rings. The van der Waals surface area contributed by atoms with E-state index in [1.807, 2.05) is 29.7 Å². The molecule has 0 bridgehead atoms. The molecule has 0 fully saturated rings. The van der Waals surface area contributed by atoms with Gasteiger partial charge in [-0.3, -0.25) is 4.79 Å². The highest BCUT2D eigenvalue weighted by Crippen LogP contribution is 2.31. The molecule has 2 aromatic carbocycles. The Kier molecular flexibility index (Phi) is 8.14. The molecule has 174 valence electrons. The van der Waals surface area contributed by atoms with Gasteiger partial charge in [-0.2, -0.15) is 5.10 Å². The molecule has 11 heteroatoms. The van der Waals surface area contributed by atoms with Crippen molar-refractivity contribution < 1.29 is 28.7 Å². The fourth-order valence-corrected chi connectivity index (χ4v) is 3.85. The van der Waals surface area contributed by atoms with Gasteiger partial charge in [-0.05, 0) is 60.6 Å². The van der Waals surface area contributed by atoms with E-state index >= 15 is 0 Å². The van der Waals surface area contributed by atoms with Crippen LogP contribution in [-0.4, -0.2) is 54.5 Å². The molecule has 33 heavy (non-hydrogen) atoms. The van der Waals surface area contributed by atoms with Crippen LogP contribution in [0.2, 0.25) is 0 Å². The zero-order chi connectivity index (χ0) is 23.8. The molecule has 10 nitrogen and oxygen atoms in total. The molecular formula is C22H26N5O5S+. The molecule has 1 heterocycles. The Bertz CT molecular complexity index is 1150. The number of hydrazone groups is 1. The topological polar surface area (TPSA) is 122 Å². The van der Waals surface area contributed by atoms with Crippen LogP contribution in [0.15, 0.2) is 46.7 Å². The first-order valence-electron chi connectivity index (χ1n) is 10.0. The predicted octanol–water partition coefficient (Wildman–Crippen LogP) is 2.36. The molecule has 0 atom stereocenters. The maximum Gasteiger partial charge on any atom is 0.337 e. The van der Waals surface area contributed by atoms with Crippen molar-refractivity contribution in [2.24, 2.45) is 5.10 Å². The largest absolute Gasteiger partial charge is 0.504 e. The Hall–Kier alpha value is -3.73. The van der Waals surface area contributed by atoms with E-state index in [9.17, 15) is 9.90 Å². The van der Waals surface area contributed by atoms with E-state index < -0.39 is 0 Å². The first kappa shape index (κ1) is 23.9. The van der Waals surface area contributed by atoms with E-state index in [0.29, 0.717) is 34.5 Å². The van der Waals surface area contributed by atoms with Gasteiger partial charge in [-0.25, -0.2) is 9.99 Å². The lowest BCUT2D eigenvalue weighted by Crippen LogP contribution is -2.36. The number of rotatable bonds is 10. The van der Waals surface area contributed by atoms with E-state index in [-0.39, 0.29) is 17.4 Å². The zero-order valence-corrected chi connectivity index (χ0v) is 19.6. The summed E-state index contributed by atoms with van der Waals surface area (Å²) in [5.41, 5.74) is 4.04. The number of aromatic amines is 1. The molecule has 0 spiro atoms. The highest BCUT2D eigenvalue weighted by Gasteiger charge is 2.22. The number of aromatic nitrogens is 3. The second kappa shape index (κ2) is 11.2. The highest BCUT2D eigenvalue weighted by atomic mass is 32.2. The average molecular weight is 473 g/mol. The number of methoxy groups -OCH3 is 3. The minimum atomic E-state index is -0.277. The number of phenolic OH excluding ortho intramolecular Hbond substituents is 1. The Morgan fingerprint density at radius 1 is 1.15 bits per heavy atom. The molecular weight excluding hydrogens is 446 g/mol. The molecule has 0 aliphatic rings. The molecule has 1 aromatic heterocycles. The maximum atomic E-state index is 12.2. The van der Waals surface area contributed by atoms with Crippen molar-refractivity contribution in [2.45, 2.75) is 18.6 Å². The number of carbonyl (C=O) groups excluding carboxylic acids is 1. The zero-order valence-electron chi connectivity index (χ0n) is 18.8. The van der Waals surface area contributed by atoms with Gasteiger partial charge in [0.25, 0.3) is 11.7 Å². The van der Waals surface area contributed by atoms with Gasteiger partial charge in [-0.15, -0.1) is 5.10 Å². The van der Waals surface area contributed by atoms with E-state index in [1.165, 1.54) is 31.2 Å². The summed E-state index contributed by atoms with van der Waals surface area (Å²) in [5, 5.41) is 21.7. The third kappa shape index (κ3) is 5.75. The molecule has 0 unspecified atom stereocenters. The van der Waals surface area contributed by atoms with Gasteiger partial charge in [0.15, 0.2) is 23.0 Å². The van der Waals surface area contributed by atoms with Gasteiger partial charge in [0, 0.05) is 0 Å². The van der Waals surface area contributed by atoms with Gasteiger partial charge in [0.1, 0.15) is 0 Å². The molecule has 0 saturated heterocycles. The summed E-state index contributed by atoms with van der Waals surface area (Å²) >= 11 is 1.29. The van der Waals surface area contributed by atoms with Crippen LogP contribution in [0.4, 0.5) is 0 Å². The Morgan fingerprint density at radius 3 is 2.61 bits per heavy atom. The molecule has 1 amide bonds. The summed E-state index contributed by atoms with van der Waals surface area (Å²) in [5.74, 6) is 2.26. The van der Waals surface area contributed by atoms with E-state index in [2.05, 4.69) is 20.7 Å². The standard InChI is InChI=1S/C22H25N5O5S/c1-5-27-21(15-7-9-17(30-2)19(11-15)32-4)25-26-22(27)33-13-20(29)24-23-12-14-6-8-16(28)18(10-14)31-3/h6-12H,5,13H2,1-4H3,(H2,23,24,28,29)/p+1. The van der Waals surface area contributed by atoms with Gasteiger partial charge in [0.05, 0.1) is 50.5 Å². The fraction of sp³-hybridized carbons (Fsp3) is 0.273. The number of carbonyl (C=O) groups is 1. The second-order valence-electron chi connectivity index (χ2n) is 6.68. The predicted molar refractivity (Wildman–Crippen MR) is 124 cm³/mol. The van der Waals surface area contributed by atoms with Crippen molar-refractivity contribution >= 4 is 23.9 Å². The van der Waals surface area contributed by atoms with Crippen LogP contribution in [0.3, 0.4) is 0 Å². The second-order valence-corrected chi connectivity index (χ2v) is 7.62. The maximum absolute atomic E-state index is 12.2. The van der Waals surface area contributed by atoms with Gasteiger partial charge >= 0.3 is 5.16 Å². The van der Waals surface area contributed by atoms with Gasteiger partial charge in [0.2, 0.25) is 0 Å². The number of hydrogen-bond acceptors (Lipinski definition) is 8. The summed E-state index contributed by atoms with van der Waals surface area (Å²) in [7, 11) is 4.64. The smallest absolute Gasteiger partial charge is 0.337 e. The van der Waals surface area contributed by atoms with E-state index in [0.717, 1.165) is 11.4 Å². The molecule has 0 aliphatic carbocycles. The monoisotopic (exact) mass is 472 g/mol. The number of nitrogens with one attached hydrogen (secondary N) is 2. The third-order valence-corrected chi connectivity index (χ3v) is 5.65. The number of benzene rings is 2. The van der Waals surface area contributed by atoms with Crippen LogP contribution in [-0.2, 0) is 11.3 Å². The Morgan fingerprint density at radius 2 is 1.91 bits per heavy atom. The summed E-state index contributed by atoms with van der Waals surface area (Å²) in [6, 6.07) is 10.4. The molecule has 3 N–H and O–H groups in total. The normalized spacial score (nSPS) is 10.9. The molecule has 0 radical (unpaired) electrons. The van der Waals surface area contributed by atoms with Gasteiger partial charge in [-0.1, -0.05) is 0 Å². The highest BCUT2D eigenvalue weighted by molar-refractivity contribution is 7.99. The number of amides is 1. The van der Waals surface area contributed by atoms with E-state index in [1.54, 1.807) is 26.4 Å². The Labute approximate surface area is 195 Å². The number of ether oxygens (including phenoxy) is 3. The lowest BCUT2D eigenvalue weighted by atomic mass is 10.2. The number of nitrogens with zero attached hydrogens (tertiary/aromatic N) is 3. The first-order valence-corrected chi connectivity index (χ1v) is 11.0. The average Bonchev–Trinajstić information content (AvgIpc) is 3.26. The summed E-state index contributed by atoms with van der Waals surface area (Å²) < 4.78 is 17.7. The minimum absolute atomic E-state index is 0.0331. The van der Waals surface area contributed by atoms with Crippen molar-refractivity contribution in [3.05, 3.63) is 42.0 Å². The lowest BCUT2D eigenvalue weighted by molar-refractivity contribution is -0.719. The third-order valence-electron chi connectivity index (χ3n) is 4.67. The first-order chi connectivity index (χ1) is 16.0. The summed E-state index contributed by atoms with van der Waals surface area (Å²) in [6.07, 6.45) is 1.47. The minimum Gasteiger partial charge on any atom is -0.504 e. The number of H-pyrrole nitrogens is 1. The van der Waals surface area contributed by atoms with Crippen molar-refractivity contribution in [3.8, 4) is 34.4 Å². The quantitative estimate of drug-likeness (QED) is 0.179. The van der Waals surface area contributed by atoms with E-state index in [4.69, 9.17) is 14.2 Å². The van der Waals surface area contributed by atoms with Crippen LogP contribution in [0, 0.1) is 0 Å². The van der Waals surface area contributed by atoms with Crippen LogP contribution in [0.5, 0.6) is 23.0 Å². The number of phenols is 1. The van der Waals surface area contributed by atoms with Crippen LogP contribution < -0.4 is 24.2 Å². The number of thioether (sulfide) groups is 1. The van der Waals surface area contributed by atoms with Crippen LogP contribution in [0.1, 0.15) is 12.5 Å². The molecule has 3 rings (SSSR count). The Balaban J connectivity index is 1.64. The molecule has 0 aliphatic heterocycles. The van der Waals surface area contributed by atoms with Crippen molar-refractivity contribution in [1.82, 2.24) is 15.6 Å². The van der Waals surface area contributed by atoms with Crippen LogP contribution in [0.25, 0.3) is 11.4 Å². The summed E-state index contributed by atoms with van der Waals surface area (Å²) in [6.45, 7) is 2.66. The van der Waals surface area contributed by atoms with Crippen LogP contribution >= 0.6 is 11.8 Å². The number of aromatic hydroxyl groups is 1. The SMILES string of the molecule is CC[n+]1c(SCC(=O)N/N=C/c2ccc(O)c(OC)c2)n[nH]c1-c1ccc(OC)c(OC)c1. The molecule has 0 saturated carbocycles. The van der Waals surface area contributed by atoms with Crippen molar-refractivity contribution in [1.29, 1.82) is 0 Å². The summed E-state index contributed by atoms with van der Waals surface area (Å²) in [4.78, 5) is 12.2.